The maximum atomic E-state index is 12.6. The molecule has 3 aromatic rings. The van der Waals surface area contributed by atoms with E-state index in [9.17, 15) is 19.5 Å². The smallest absolute Gasteiger partial charge is 0.412 e. The molecule has 0 aliphatic heterocycles. The summed E-state index contributed by atoms with van der Waals surface area (Å²) in [6, 6.07) is 6.41. The third-order valence-electron chi connectivity index (χ3n) is 4.22. The normalized spacial score (nSPS) is 11.4. The summed E-state index contributed by atoms with van der Waals surface area (Å²) in [6.07, 6.45) is -0.794. The van der Waals surface area contributed by atoms with Gasteiger partial charge in [-0.05, 0) is 52.0 Å². The van der Waals surface area contributed by atoms with Crippen molar-refractivity contribution in [3.05, 3.63) is 29.8 Å². The predicted molar refractivity (Wildman–Crippen MR) is 115 cm³/mol. The number of esters is 2. The van der Waals surface area contributed by atoms with Crippen LogP contribution in [0.1, 0.15) is 45.0 Å². The first-order chi connectivity index (χ1) is 14.5. The van der Waals surface area contributed by atoms with Gasteiger partial charge in [-0.3, -0.25) is 10.1 Å². The molecule has 0 aliphatic carbocycles. The molecule has 1 amide bonds. The van der Waals surface area contributed by atoms with Gasteiger partial charge in [-0.15, -0.1) is 0 Å². The number of aromatic hydroxyl groups is 1. The van der Waals surface area contributed by atoms with E-state index in [2.05, 4.69) is 10.3 Å². The van der Waals surface area contributed by atoms with E-state index >= 15 is 0 Å². The average Bonchev–Trinajstić information content (AvgIpc) is 2.97. The number of hydrogen-bond acceptors (Lipinski definition) is 7. The molecule has 9 nitrogen and oxygen atoms in total. The summed E-state index contributed by atoms with van der Waals surface area (Å²) >= 11 is 0. The zero-order valence-electron chi connectivity index (χ0n) is 17.9. The van der Waals surface area contributed by atoms with Gasteiger partial charge < -0.3 is 24.3 Å². The van der Waals surface area contributed by atoms with E-state index < -0.39 is 29.4 Å². The Labute approximate surface area is 178 Å². The largest absolute Gasteiger partial charge is 0.505 e. The van der Waals surface area contributed by atoms with E-state index in [1.165, 1.54) is 13.0 Å². The standard InChI is InChI=1S/C22H24N2O7/c1-6-29-20(27)17-18-14(10-16(19(17)26)24-21(28)31-22(3,4)5)13-9-12(30-11(2)25)7-8-15(13)23-18/h7-10,23,26H,6H2,1-5H3,(H,24,28). The zero-order valence-corrected chi connectivity index (χ0v) is 17.9. The first-order valence-electron chi connectivity index (χ1n) is 9.67. The van der Waals surface area contributed by atoms with E-state index in [-0.39, 0.29) is 17.9 Å². The maximum Gasteiger partial charge on any atom is 0.412 e. The average molecular weight is 428 g/mol. The van der Waals surface area contributed by atoms with Crippen molar-refractivity contribution in [1.82, 2.24) is 4.98 Å². The molecular weight excluding hydrogens is 404 g/mol. The number of carbonyl (C=O) groups excluding carboxylic acids is 3. The number of amides is 1. The second-order valence-corrected chi connectivity index (χ2v) is 7.84. The number of rotatable bonds is 4. The van der Waals surface area contributed by atoms with Crippen molar-refractivity contribution in [2.45, 2.75) is 40.2 Å². The minimum absolute atomic E-state index is 0.0245. The fourth-order valence-corrected chi connectivity index (χ4v) is 3.15. The number of fused-ring (bicyclic) bond motifs is 3. The Balaban J connectivity index is 2.22. The lowest BCUT2D eigenvalue weighted by Gasteiger charge is -2.20. The number of benzene rings is 2. The van der Waals surface area contributed by atoms with Gasteiger partial charge in [0.2, 0.25) is 0 Å². The van der Waals surface area contributed by atoms with Gasteiger partial charge in [0.25, 0.3) is 0 Å². The van der Waals surface area contributed by atoms with Gasteiger partial charge in [0.15, 0.2) is 5.75 Å². The fourth-order valence-electron chi connectivity index (χ4n) is 3.15. The van der Waals surface area contributed by atoms with E-state index in [0.29, 0.717) is 27.6 Å². The van der Waals surface area contributed by atoms with Crippen molar-refractivity contribution in [2.75, 3.05) is 11.9 Å². The zero-order chi connectivity index (χ0) is 22.9. The van der Waals surface area contributed by atoms with Crippen molar-refractivity contribution in [3.8, 4) is 11.5 Å². The molecule has 3 N–H and O–H groups in total. The number of phenolic OH excluding ortho intramolecular Hbond substituents is 1. The second-order valence-electron chi connectivity index (χ2n) is 7.84. The van der Waals surface area contributed by atoms with Crippen LogP contribution in [0.15, 0.2) is 24.3 Å². The lowest BCUT2D eigenvalue weighted by Crippen LogP contribution is -2.27. The molecule has 31 heavy (non-hydrogen) atoms. The summed E-state index contributed by atoms with van der Waals surface area (Å²) in [5.74, 6) is -1.38. The number of ether oxygens (including phenoxy) is 3. The summed E-state index contributed by atoms with van der Waals surface area (Å²) in [4.78, 5) is 39.3. The molecule has 9 heteroatoms. The van der Waals surface area contributed by atoms with Crippen LogP contribution in [0.3, 0.4) is 0 Å². The van der Waals surface area contributed by atoms with Crippen LogP contribution in [0.25, 0.3) is 21.8 Å². The molecule has 0 saturated heterocycles. The Morgan fingerprint density at radius 3 is 2.45 bits per heavy atom. The molecule has 0 aliphatic rings. The molecule has 1 aromatic heterocycles. The highest BCUT2D eigenvalue weighted by atomic mass is 16.6. The van der Waals surface area contributed by atoms with Crippen LogP contribution in [0, 0.1) is 0 Å². The van der Waals surface area contributed by atoms with Gasteiger partial charge in [0.1, 0.15) is 16.9 Å². The van der Waals surface area contributed by atoms with Crippen molar-refractivity contribution in [1.29, 1.82) is 0 Å². The van der Waals surface area contributed by atoms with E-state index in [4.69, 9.17) is 14.2 Å². The van der Waals surface area contributed by atoms with Crippen LogP contribution < -0.4 is 10.1 Å². The number of nitrogens with one attached hydrogen (secondary N) is 2. The monoisotopic (exact) mass is 428 g/mol. The molecule has 3 rings (SSSR count). The second kappa shape index (κ2) is 8.17. The number of H-pyrrole nitrogens is 1. The Morgan fingerprint density at radius 1 is 1.13 bits per heavy atom. The van der Waals surface area contributed by atoms with Crippen molar-refractivity contribution in [2.24, 2.45) is 0 Å². The molecule has 0 unspecified atom stereocenters. The molecule has 2 aromatic carbocycles. The third-order valence-corrected chi connectivity index (χ3v) is 4.22. The molecule has 1 heterocycles. The minimum atomic E-state index is -0.794. The number of aromatic nitrogens is 1. The first-order valence-corrected chi connectivity index (χ1v) is 9.67. The third kappa shape index (κ3) is 4.71. The number of anilines is 1. The highest BCUT2D eigenvalue weighted by Crippen LogP contribution is 2.39. The summed E-state index contributed by atoms with van der Waals surface area (Å²) in [7, 11) is 0. The number of carbonyl (C=O) groups is 3. The Hall–Kier alpha value is -3.75. The Bertz CT molecular complexity index is 1190. The topological polar surface area (TPSA) is 127 Å². The van der Waals surface area contributed by atoms with E-state index in [0.717, 1.165) is 0 Å². The predicted octanol–water partition coefficient (Wildman–Crippen LogP) is 4.48. The number of aromatic amines is 1. The fraction of sp³-hybridized carbons (Fsp3) is 0.318. The number of phenols is 1. The molecule has 0 radical (unpaired) electrons. The molecule has 0 fully saturated rings. The molecule has 0 bridgehead atoms. The minimum Gasteiger partial charge on any atom is -0.505 e. The van der Waals surface area contributed by atoms with Gasteiger partial charge >= 0.3 is 18.0 Å². The van der Waals surface area contributed by atoms with Crippen LogP contribution in [-0.4, -0.2) is 40.3 Å². The highest BCUT2D eigenvalue weighted by Gasteiger charge is 2.25. The van der Waals surface area contributed by atoms with Gasteiger partial charge in [0.05, 0.1) is 17.8 Å². The van der Waals surface area contributed by atoms with Crippen molar-refractivity contribution < 1.29 is 33.7 Å². The molecule has 0 spiro atoms. The van der Waals surface area contributed by atoms with Crippen LogP contribution in [0.5, 0.6) is 11.5 Å². The highest BCUT2D eigenvalue weighted by molar-refractivity contribution is 6.18. The summed E-state index contributed by atoms with van der Waals surface area (Å²) in [5, 5.41) is 14.4. The van der Waals surface area contributed by atoms with Gasteiger partial charge in [-0.1, -0.05) is 0 Å². The van der Waals surface area contributed by atoms with Crippen LogP contribution in [0.4, 0.5) is 10.5 Å². The SMILES string of the molecule is CCOC(=O)c1c(O)c(NC(=O)OC(C)(C)C)cc2c1[nH]c1ccc(OC(C)=O)cc12. The molecule has 0 atom stereocenters. The molecule has 164 valence electrons. The summed E-state index contributed by atoms with van der Waals surface area (Å²) < 4.78 is 15.5. The van der Waals surface area contributed by atoms with Crippen LogP contribution >= 0.6 is 0 Å². The summed E-state index contributed by atoms with van der Waals surface area (Å²) in [5.41, 5.74) is 0.0400. The van der Waals surface area contributed by atoms with E-state index in [1.807, 2.05) is 0 Å². The summed E-state index contributed by atoms with van der Waals surface area (Å²) in [6.45, 7) is 8.15. The maximum absolute atomic E-state index is 12.6. The van der Waals surface area contributed by atoms with Gasteiger partial charge in [0, 0.05) is 23.2 Å². The van der Waals surface area contributed by atoms with Crippen LogP contribution in [-0.2, 0) is 14.3 Å². The lowest BCUT2D eigenvalue weighted by molar-refractivity contribution is -0.131. The lowest BCUT2D eigenvalue weighted by atomic mass is 10.1. The van der Waals surface area contributed by atoms with Crippen molar-refractivity contribution >= 4 is 45.5 Å². The van der Waals surface area contributed by atoms with Crippen LogP contribution in [0.2, 0.25) is 0 Å². The molecule has 0 saturated carbocycles. The Morgan fingerprint density at radius 2 is 1.84 bits per heavy atom. The number of hydrogen-bond donors (Lipinski definition) is 3. The van der Waals surface area contributed by atoms with Gasteiger partial charge in [-0.25, -0.2) is 9.59 Å². The quantitative estimate of drug-likeness (QED) is 0.318. The Kier molecular flexibility index (Phi) is 5.79. The van der Waals surface area contributed by atoms with Gasteiger partial charge in [-0.2, -0.15) is 0 Å². The van der Waals surface area contributed by atoms with E-state index in [1.54, 1.807) is 45.9 Å². The van der Waals surface area contributed by atoms with Crippen molar-refractivity contribution in [3.63, 3.8) is 0 Å². The first kappa shape index (κ1) is 21.9. The molecular formula is C22H24N2O7.